The smallest absolute Gasteiger partial charge is 0.249 e. The van der Waals surface area contributed by atoms with E-state index in [1.165, 1.54) is 14.1 Å². The lowest BCUT2D eigenvalue weighted by molar-refractivity contribution is 0.521. The molecule has 2 aromatic heterocycles. The second kappa shape index (κ2) is 6.00. The van der Waals surface area contributed by atoms with E-state index in [9.17, 15) is 8.42 Å². The van der Waals surface area contributed by atoms with Gasteiger partial charge in [0.1, 0.15) is 10.8 Å². The lowest BCUT2D eigenvalue weighted by Gasteiger charge is -2.17. The highest BCUT2D eigenvalue weighted by Crippen LogP contribution is 2.35. The second-order valence-corrected chi connectivity index (χ2v) is 7.46. The summed E-state index contributed by atoms with van der Waals surface area (Å²) in [5, 5.41) is 3.58. The van der Waals surface area contributed by atoms with E-state index in [-0.39, 0.29) is 16.8 Å². The minimum atomic E-state index is -3.65. The maximum atomic E-state index is 12.3. The zero-order valence-corrected chi connectivity index (χ0v) is 13.6. The van der Waals surface area contributed by atoms with Crippen LogP contribution in [-0.2, 0) is 10.0 Å². The topological polar surface area (TPSA) is 117 Å². The Morgan fingerprint density at radius 3 is 2.76 bits per heavy atom. The molecule has 8 nitrogen and oxygen atoms in total. The standard InChI is InChI=1S/C11H18N6O2S2/c1-4-7(10-13-5-6-14-10)15-11-8(9(12)16-20-11)21(18,19)17(2)3/h5-7,15H,4H2,1-3H3,(H2,12,16)(H,13,14). The van der Waals surface area contributed by atoms with Crippen molar-refractivity contribution < 1.29 is 8.42 Å². The number of H-pyrrole nitrogens is 1. The predicted molar refractivity (Wildman–Crippen MR) is 82.6 cm³/mol. The minimum Gasteiger partial charge on any atom is -0.382 e. The van der Waals surface area contributed by atoms with Crippen molar-refractivity contribution in [2.24, 2.45) is 0 Å². The number of sulfonamides is 1. The Hall–Kier alpha value is -1.65. The number of rotatable bonds is 6. The largest absolute Gasteiger partial charge is 0.382 e. The van der Waals surface area contributed by atoms with E-state index >= 15 is 0 Å². The number of aromatic nitrogens is 3. The van der Waals surface area contributed by atoms with Gasteiger partial charge in [0.05, 0.1) is 6.04 Å². The Bertz CT molecular complexity index is 692. The monoisotopic (exact) mass is 330 g/mol. The first-order valence-corrected chi connectivity index (χ1v) is 8.52. The van der Waals surface area contributed by atoms with Gasteiger partial charge in [0.25, 0.3) is 0 Å². The maximum Gasteiger partial charge on any atom is 0.249 e. The SMILES string of the molecule is CCC(Nc1snc(N)c1S(=O)(=O)N(C)C)c1ncc[nH]1. The average molecular weight is 330 g/mol. The maximum absolute atomic E-state index is 12.3. The number of nitrogens with one attached hydrogen (secondary N) is 2. The highest BCUT2D eigenvalue weighted by Gasteiger charge is 2.29. The molecule has 0 saturated heterocycles. The van der Waals surface area contributed by atoms with Crippen LogP contribution in [0.25, 0.3) is 0 Å². The molecule has 4 N–H and O–H groups in total. The van der Waals surface area contributed by atoms with Gasteiger partial charge in [-0.2, -0.15) is 4.37 Å². The predicted octanol–water partition coefficient (Wildman–Crippen LogP) is 1.26. The molecule has 0 aromatic carbocycles. The van der Waals surface area contributed by atoms with Gasteiger partial charge in [0.2, 0.25) is 10.0 Å². The number of anilines is 2. The van der Waals surface area contributed by atoms with Gasteiger partial charge < -0.3 is 16.0 Å². The molecule has 0 bridgehead atoms. The summed E-state index contributed by atoms with van der Waals surface area (Å²) >= 11 is 1.03. The third kappa shape index (κ3) is 3.01. The Morgan fingerprint density at radius 1 is 1.52 bits per heavy atom. The summed E-state index contributed by atoms with van der Waals surface area (Å²) in [7, 11) is -0.738. The molecule has 2 rings (SSSR count). The summed E-state index contributed by atoms with van der Waals surface area (Å²) in [5.41, 5.74) is 5.73. The van der Waals surface area contributed by atoms with Crippen LogP contribution in [0.15, 0.2) is 17.3 Å². The third-order valence-corrected chi connectivity index (χ3v) is 5.79. The molecule has 2 heterocycles. The van der Waals surface area contributed by atoms with Crippen molar-refractivity contribution in [1.29, 1.82) is 0 Å². The van der Waals surface area contributed by atoms with E-state index in [2.05, 4.69) is 19.7 Å². The fourth-order valence-corrected chi connectivity index (χ4v) is 3.93. The van der Waals surface area contributed by atoms with Crippen molar-refractivity contribution in [2.75, 3.05) is 25.1 Å². The summed E-state index contributed by atoms with van der Waals surface area (Å²) in [4.78, 5) is 7.22. The lowest BCUT2D eigenvalue weighted by Crippen LogP contribution is -2.24. The average Bonchev–Trinajstić information content (AvgIpc) is 3.05. The van der Waals surface area contributed by atoms with Crippen LogP contribution >= 0.6 is 11.5 Å². The van der Waals surface area contributed by atoms with Gasteiger partial charge >= 0.3 is 0 Å². The number of hydrogen-bond acceptors (Lipinski definition) is 7. The normalized spacial score (nSPS) is 13.5. The number of imidazole rings is 1. The molecular formula is C11H18N6O2S2. The Kier molecular flexibility index (Phi) is 4.49. The lowest BCUT2D eigenvalue weighted by atomic mass is 10.2. The van der Waals surface area contributed by atoms with Crippen molar-refractivity contribution in [1.82, 2.24) is 18.6 Å². The number of nitrogen functional groups attached to an aromatic ring is 1. The van der Waals surface area contributed by atoms with Gasteiger partial charge in [-0.25, -0.2) is 17.7 Å². The fourth-order valence-electron chi connectivity index (χ4n) is 1.81. The molecule has 1 unspecified atom stereocenters. The molecule has 0 radical (unpaired) electrons. The molecule has 1 atom stereocenters. The van der Waals surface area contributed by atoms with E-state index in [1.807, 2.05) is 6.92 Å². The third-order valence-electron chi connectivity index (χ3n) is 2.98. The number of aromatic amines is 1. The Labute approximate surface area is 127 Å². The first-order chi connectivity index (χ1) is 9.87. The van der Waals surface area contributed by atoms with E-state index < -0.39 is 10.0 Å². The molecule has 10 heteroatoms. The van der Waals surface area contributed by atoms with Gasteiger partial charge in [-0.1, -0.05) is 6.92 Å². The summed E-state index contributed by atoms with van der Waals surface area (Å²) in [6.07, 6.45) is 4.10. The minimum absolute atomic E-state index is 0.00509. The van der Waals surface area contributed by atoms with Crippen LogP contribution in [0.1, 0.15) is 25.2 Å². The van der Waals surface area contributed by atoms with Crippen LogP contribution in [0.3, 0.4) is 0 Å². The van der Waals surface area contributed by atoms with Crippen molar-refractivity contribution in [2.45, 2.75) is 24.3 Å². The first-order valence-electron chi connectivity index (χ1n) is 6.31. The summed E-state index contributed by atoms with van der Waals surface area (Å²) in [5.74, 6) is 0.739. The molecule has 0 aliphatic carbocycles. The summed E-state index contributed by atoms with van der Waals surface area (Å²) < 4.78 is 29.8. The van der Waals surface area contributed by atoms with Crippen LogP contribution in [0.2, 0.25) is 0 Å². The molecule has 0 fully saturated rings. The first kappa shape index (κ1) is 15.7. The quantitative estimate of drug-likeness (QED) is 0.734. The number of nitrogens with two attached hydrogens (primary N) is 1. The van der Waals surface area contributed by atoms with Crippen LogP contribution in [-0.4, -0.2) is 41.2 Å². The van der Waals surface area contributed by atoms with Gasteiger partial charge in [-0.15, -0.1) is 0 Å². The molecule has 0 amide bonds. The van der Waals surface area contributed by atoms with Gasteiger partial charge in [0, 0.05) is 26.5 Å². The molecule has 2 aromatic rings. The highest BCUT2D eigenvalue weighted by atomic mass is 32.2. The van der Waals surface area contributed by atoms with Crippen LogP contribution in [0.5, 0.6) is 0 Å². The Morgan fingerprint density at radius 2 is 2.24 bits per heavy atom. The van der Waals surface area contributed by atoms with Crippen LogP contribution < -0.4 is 11.1 Å². The number of hydrogen-bond donors (Lipinski definition) is 3. The Balaban J connectivity index is 2.38. The van der Waals surface area contributed by atoms with Gasteiger partial charge in [-0.05, 0) is 18.0 Å². The van der Waals surface area contributed by atoms with E-state index in [0.29, 0.717) is 5.00 Å². The zero-order valence-electron chi connectivity index (χ0n) is 12.0. The summed E-state index contributed by atoms with van der Waals surface area (Å²) in [6.45, 7) is 1.98. The van der Waals surface area contributed by atoms with Crippen molar-refractivity contribution >= 4 is 32.4 Å². The van der Waals surface area contributed by atoms with Crippen LogP contribution in [0, 0.1) is 0 Å². The van der Waals surface area contributed by atoms with E-state index in [1.54, 1.807) is 12.4 Å². The highest BCUT2D eigenvalue weighted by molar-refractivity contribution is 7.89. The van der Waals surface area contributed by atoms with Gasteiger partial charge in [-0.3, -0.25) is 0 Å². The van der Waals surface area contributed by atoms with E-state index in [0.717, 1.165) is 28.1 Å². The van der Waals surface area contributed by atoms with Crippen LogP contribution in [0.4, 0.5) is 10.8 Å². The molecule has 0 aliphatic heterocycles. The van der Waals surface area contributed by atoms with Crippen molar-refractivity contribution in [3.8, 4) is 0 Å². The van der Waals surface area contributed by atoms with Crippen molar-refractivity contribution in [3.63, 3.8) is 0 Å². The molecule has 0 aliphatic rings. The molecule has 0 spiro atoms. The molecule has 0 saturated carbocycles. The summed E-state index contributed by atoms with van der Waals surface area (Å²) in [6, 6.07) is -0.143. The zero-order chi connectivity index (χ0) is 15.6. The van der Waals surface area contributed by atoms with Crippen molar-refractivity contribution in [3.05, 3.63) is 18.2 Å². The molecule has 116 valence electrons. The van der Waals surface area contributed by atoms with Gasteiger partial charge in [0.15, 0.2) is 10.7 Å². The molecular weight excluding hydrogens is 312 g/mol. The van der Waals surface area contributed by atoms with E-state index in [4.69, 9.17) is 5.73 Å². The second-order valence-electron chi connectivity index (χ2n) is 4.59. The fraction of sp³-hybridized carbons (Fsp3) is 0.455. The number of nitrogens with zero attached hydrogens (tertiary/aromatic N) is 3. The molecule has 21 heavy (non-hydrogen) atoms.